The topological polar surface area (TPSA) is 537 Å². The van der Waals surface area contributed by atoms with Crippen LogP contribution in [0.4, 0.5) is 0 Å². The Labute approximate surface area is 455 Å². The van der Waals surface area contributed by atoms with Gasteiger partial charge >= 0.3 is 5.97 Å². The molecule has 30 nitrogen and oxygen atoms in total. The summed E-state index contributed by atoms with van der Waals surface area (Å²) < 4.78 is 0. The second-order valence-electron chi connectivity index (χ2n) is 20.6. The van der Waals surface area contributed by atoms with Crippen LogP contribution in [-0.4, -0.2) is 156 Å². The first-order valence-electron chi connectivity index (χ1n) is 26.1. The molecule has 0 fully saturated rings. The van der Waals surface area contributed by atoms with Crippen LogP contribution >= 0.6 is 0 Å². The van der Waals surface area contributed by atoms with E-state index in [0.717, 1.165) is 0 Å². The Morgan fingerprint density at radius 1 is 0.410 bits per heavy atom. The number of hydrogen-bond donors (Lipinski definition) is 17. The van der Waals surface area contributed by atoms with Gasteiger partial charge < -0.3 is 93.5 Å². The average Bonchev–Trinajstić information content (AvgIpc) is 3.31. The van der Waals surface area contributed by atoms with E-state index in [1.807, 2.05) is 0 Å². The van der Waals surface area contributed by atoms with E-state index in [2.05, 4.69) is 52.5 Å². The van der Waals surface area contributed by atoms with Crippen molar-refractivity contribution >= 4 is 77.0 Å². The van der Waals surface area contributed by atoms with Crippen LogP contribution in [0.3, 0.4) is 0 Å². The van der Waals surface area contributed by atoms with Gasteiger partial charge in [0.25, 0.3) is 0 Å². The highest BCUT2D eigenvalue weighted by atomic mass is 16.4. The van der Waals surface area contributed by atoms with Gasteiger partial charge in [0.05, 0.1) is 18.9 Å². The molecule has 444 valence electrons. The molecule has 25 N–H and O–H groups in total. The number of carboxylic acid groups (broad SMARTS) is 1. The van der Waals surface area contributed by atoms with Crippen LogP contribution in [0, 0.1) is 23.7 Å². The number of unbranched alkanes of at least 4 members (excludes halogenated alkanes) is 1. The Balaban J connectivity index is 6.74. The Morgan fingerprint density at radius 2 is 0.744 bits per heavy atom. The highest BCUT2D eigenvalue weighted by molar-refractivity contribution is 5.99. The molecule has 0 radical (unpaired) electrons. The minimum absolute atomic E-state index is 0.0122. The minimum Gasteiger partial charge on any atom is -0.480 e. The predicted octanol–water partition coefficient (Wildman–Crippen LogP) is -5.33. The van der Waals surface area contributed by atoms with E-state index in [0.29, 0.717) is 19.3 Å². The van der Waals surface area contributed by atoms with Crippen molar-refractivity contribution in [2.45, 2.75) is 180 Å². The SMILES string of the molecule is CC(C)C[C@H](NC(=O)[C@H](CC(N)=O)NC(=O)[C@@H](NC(=O)[C@H](CC(C)C)NC(=O)[C@H](CCCCN)NC(=O)[C@@H](NC(=O)[C@H](CCCN=C(N)N)NC(=O)[C@H](CC(N)=O)NC(=O)[C@@H](N)CCCN=C(N)N)C(C)C)C(C)C)C(=O)O. The van der Waals surface area contributed by atoms with Gasteiger partial charge in [-0.3, -0.25) is 57.9 Å². The molecule has 0 aromatic rings. The summed E-state index contributed by atoms with van der Waals surface area (Å²) in [5, 5.41) is 29.9. The first kappa shape index (κ1) is 70.6. The van der Waals surface area contributed by atoms with Gasteiger partial charge in [-0.05, 0) is 88.0 Å². The number of aliphatic carboxylic acids is 1. The molecular weight excluding hydrogens is 1020 g/mol. The molecular formula is C48H90N18O12. The number of hydrogen-bond acceptors (Lipinski definition) is 15. The summed E-state index contributed by atoms with van der Waals surface area (Å²) in [5.74, 6) is -12.5. The van der Waals surface area contributed by atoms with E-state index >= 15 is 0 Å². The fourth-order valence-corrected chi connectivity index (χ4v) is 7.60. The quantitative estimate of drug-likeness (QED) is 0.0155. The molecule has 0 heterocycles. The molecule has 0 rings (SSSR count). The van der Waals surface area contributed by atoms with Crippen molar-refractivity contribution < 1.29 is 57.8 Å². The van der Waals surface area contributed by atoms with Crippen molar-refractivity contribution in [1.82, 2.24) is 42.5 Å². The molecule has 30 heteroatoms. The van der Waals surface area contributed by atoms with Crippen molar-refractivity contribution in [2.75, 3.05) is 19.6 Å². The van der Waals surface area contributed by atoms with E-state index in [1.165, 1.54) is 0 Å². The van der Waals surface area contributed by atoms with Crippen molar-refractivity contribution in [3.63, 3.8) is 0 Å². The fourth-order valence-electron chi connectivity index (χ4n) is 7.60. The third-order valence-corrected chi connectivity index (χ3v) is 11.7. The zero-order valence-corrected chi connectivity index (χ0v) is 46.4. The Hall–Kier alpha value is -7.37. The standard InChI is InChI=1S/C48H90N18O12/c1-23(2)19-30(43(74)66-37(26(7)8)45(76)63-32(22-35(52)68)42(73)64-33(46(77)78)20-24(3)4)62-39(70)28(14-9-10-16-49)60-44(75)36(25(5)6)65-40(71)29(15-12-18-58-48(55)56)59-41(72)31(21-34(51)67)61-38(69)27(50)13-11-17-57-47(53)54/h23-33,36-37H,9-22,49-50H2,1-8H3,(H2,51,67)(H2,52,68)(H,59,72)(H,60,75)(H,61,69)(H,62,70)(H,63,76)(H,64,73)(H,65,71)(H,66,74)(H,77,78)(H4,53,54,57)(H4,55,56,58)/t27-,28-,29-,30-,31-,32-,33-,36-,37-/m0/s1. The largest absolute Gasteiger partial charge is 0.480 e. The fraction of sp³-hybridized carbons (Fsp3) is 0.729. The predicted molar refractivity (Wildman–Crippen MR) is 290 cm³/mol. The van der Waals surface area contributed by atoms with Crippen LogP contribution in [0.2, 0.25) is 0 Å². The van der Waals surface area contributed by atoms with Gasteiger partial charge in [0, 0.05) is 13.1 Å². The Morgan fingerprint density at radius 3 is 1.14 bits per heavy atom. The van der Waals surface area contributed by atoms with Crippen LogP contribution in [0.25, 0.3) is 0 Å². The van der Waals surface area contributed by atoms with E-state index in [-0.39, 0.29) is 81.9 Å². The van der Waals surface area contributed by atoms with Gasteiger partial charge in [0.15, 0.2) is 11.9 Å². The second kappa shape index (κ2) is 36.6. The van der Waals surface area contributed by atoms with E-state index < -0.39 is 144 Å². The number of carbonyl (C=O) groups excluding carboxylic acids is 10. The lowest BCUT2D eigenvalue weighted by Gasteiger charge is -2.30. The molecule has 0 bridgehead atoms. The van der Waals surface area contributed by atoms with Crippen molar-refractivity contribution in [3.05, 3.63) is 0 Å². The molecule has 0 aliphatic heterocycles. The van der Waals surface area contributed by atoms with Crippen molar-refractivity contribution in [1.29, 1.82) is 0 Å². The molecule has 0 spiro atoms. The maximum Gasteiger partial charge on any atom is 0.326 e. The molecule has 10 amide bonds. The van der Waals surface area contributed by atoms with Crippen LogP contribution in [0.5, 0.6) is 0 Å². The molecule has 0 aromatic heterocycles. The molecule has 0 unspecified atom stereocenters. The summed E-state index contributed by atoms with van der Waals surface area (Å²) in [6.07, 6.45) is -0.170. The van der Waals surface area contributed by atoms with Gasteiger partial charge in [-0.1, -0.05) is 55.4 Å². The van der Waals surface area contributed by atoms with Crippen molar-refractivity contribution in [2.24, 2.45) is 79.5 Å². The zero-order chi connectivity index (χ0) is 60.0. The number of primary amides is 2. The van der Waals surface area contributed by atoms with E-state index in [1.54, 1.807) is 55.4 Å². The number of nitrogens with one attached hydrogen (secondary N) is 8. The molecule has 0 saturated carbocycles. The summed E-state index contributed by atoms with van der Waals surface area (Å²) in [7, 11) is 0. The summed E-state index contributed by atoms with van der Waals surface area (Å²) in [5.41, 5.74) is 44.2. The van der Waals surface area contributed by atoms with Gasteiger partial charge in [-0.2, -0.15) is 0 Å². The number of aliphatic imine (C=N–C) groups is 2. The summed E-state index contributed by atoms with van der Waals surface area (Å²) >= 11 is 0. The number of carbonyl (C=O) groups is 11. The summed E-state index contributed by atoms with van der Waals surface area (Å²) in [4.78, 5) is 154. The minimum atomic E-state index is -1.61. The van der Waals surface area contributed by atoms with Gasteiger partial charge in [-0.15, -0.1) is 0 Å². The Bertz CT molecular complexity index is 2080. The maximum absolute atomic E-state index is 14.2. The lowest BCUT2D eigenvalue weighted by molar-refractivity contribution is -0.143. The van der Waals surface area contributed by atoms with E-state index in [4.69, 9.17) is 45.9 Å². The smallest absolute Gasteiger partial charge is 0.326 e. The highest BCUT2D eigenvalue weighted by Crippen LogP contribution is 2.13. The molecule has 0 aliphatic rings. The highest BCUT2D eigenvalue weighted by Gasteiger charge is 2.37. The number of carboxylic acids is 1. The molecule has 0 aromatic carbocycles. The number of nitrogens with two attached hydrogens (primary N) is 8. The second-order valence-corrected chi connectivity index (χ2v) is 20.6. The molecule has 0 aliphatic carbocycles. The Kier molecular flexibility index (Phi) is 33.2. The van der Waals surface area contributed by atoms with E-state index in [9.17, 15) is 57.8 Å². The zero-order valence-electron chi connectivity index (χ0n) is 46.4. The lowest BCUT2D eigenvalue weighted by atomic mass is 9.98. The molecule has 0 saturated heterocycles. The number of guanidine groups is 2. The average molecular weight is 1110 g/mol. The van der Waals surface area contributed by atoms with Crippen molar-refractivity contribution in [3.8, 4) is 0 Å². The normalized spacial score (nSPS) is 14.6. The molecule has 9 atom stereocenters. The van der Waals surface area contributed by atoms with Gasteiger partial charge in [-0.25, -0.2) is 4.79 Å². The lowest BCUT2D eigenvalue weighted by Crippen LogP contribution is -2.61. The number of nitrogens with zero attached hydrogens (tertiary/aromatic N) is 2. The van der Waals surface area contributed by atoms with Crippen LogP contribution < -0.4 is 88.4 Å². The third kappa shape index (κ3) is 29.2. The van der Waals surface area contributed by atoms with Crippen LogP contribution in [0.15, 0.2) is 9.98 Å². The number of rotatable bonds is 39. The maximum atomic E-state index is 14.2. The van der Waals surface area contributed by atoms with Gasteiger partial charge in [0.2, 0.25) is 59.1 Å². The van der Waals surface area contributed by atoms with Crippen LogP contribution in [0.1, 0.15) is 126 Å². The first-order chi connectivity index (χ1) is 36.3. The summed E-state index contributed by atoms with van der Waals surface area (Å²) in [6, 6.07) is -12.5. The van der Waals surface area contributed by atoms with Crippen LogP contribution in [-0.2, 0) is 52.7 Å². The number of amides is 10. The molecule has 78 heavy (non-hydrogen) atoms. The monoisotopic (exact) mass is 1110 g/mol. The first-order valence-corrected chi connectivity index (χ1v) is 26.1. The third-order valence-electron chi connectivity index (χ3n) is 11.7. The van der Waals surface area contributed by atoms with Gasteiger partial charge in [0.1, 0.15) is 48.3 Å². The summed E-state index contributed by atoms with van der Waals surface area (Å²) in [6.45, 7) is 13.8.